The number of thiophene rings is 1. The van der Waals surface area contributed by atoms with Crippen molar-refractivity contribution in [2.45, 2.75) is 6.54 Å². The second-order valence-corrected chi connectivity index (χ2v) is 5.64. The van der Waals surface area contributed by atoms with Crippen molar-refractivity contribution in [3.63, 3.8) is 0 Å². The second kappa shape index (κ2) is 5.61. The molecule has 0 saturated carbocycles. The average molecular weight is 303 g/mol. The fourth-order valence-corrected chi connectivity index (χ4v) is 2.92. The quantitative estimate of drug-likeness (QED) is 0.740. The van der Waals surface area contributed by atoms with E-state index in [1.54, 1.807) is 6.07 Å². The Hall–Kier alpha value is -1.91. The molecule has 20 heavy (non-hydrogen) atoms. The minimum absolute atomic E-state index is 0.124. The lowest BCUT2D eigenvalue weighted by Gasteiger charge is -2.07. The molecule has 0 unspecified atom stereocenters. The number of hydrogen-bond acceptors (Lipinski definition) is 3. The highest BCUT2D eigenvalue weighted by Crippen LogP contribution is 2.22. The summed E-state index contributed by atoms with van der Waals surface area (Å²) in [7, 11) is 0. The summed E-state index contributed by atoms with van der Waals surface area (Å²) in [5.41, 5.74) is 1.48. The molecule has 0 N–H and O–H groups in total. The SMILES string of the molecule is O=c1c(-c2cccs2)cc(Cl)nn1Cc1ccccc1. The van der Waals surface area contributed by atoms with Crippen molar-refractivity contribution in [2.24, 2.45) is 0 Å². The van der Waals surface area contributed by atoms with Gasteiger partial charge in [-0.25, -0.2) is 4.68 Å². The van der Waals surface area contributed by atoms with Crippen molar-refractivity contribution < 1.29 is 0 Å². The minimum atomic E-state index is -0.124. The van der Waals surface area contributed by atoms with E-state index in [0.717, 1.165) is 10.4 Å². The van der Waals surface area contributed by atoms with Crippen molar-refractivity contribution in [2.75, 3.05) is 0 Å². The van der Waals surface area contributed by atoms with Gasteiger partial charge in [-0.05, 0) is 23.1 Å². The van der Waals surface area contributed by atoms with Crippen LogP contribution in [0, 0.1) is 0 Å². The molecule has 0 aliphatic rings. The van der Waals surface area contributed by atoms with Crippen LogP contribution in [0.15, 0.2) is 58.7 Å². The van der Waals surface area contributed by atoms with E-state index in [1.165, 1.54) is 16.0 Å². The van der Waals surface area contributed by atoms with E-state index in [2.05, 4.69) is 5.10 Å². The first-order valence-corrected chi connectivity index (χ1v) is 7.35. The summed E-state index contributed by atoms with van der Waals surface area (Å²) in [6.07, 6.45) is 0. The van der Waals surface area contributed by atoms with Gasteiger partial charge in [0.2, 0.25) is 0 Å². The van der Waals surface area contributed by atoms with Gasteiger partial charge in [-0.1, -0.05) is 48.0 Å². The van der Waals surface area contributed by atoms with Gasteiger partial charge in [0.25, 0.3) is 5.56 Å². The molecule has 0 aliphatic carbocycles. The molecule has 0 fully saturated rings. The Kier molecular flexibility index (Phi) is 3.67. The summed E-state index contributed by atoms with van der Waals surface area (Å²) in [4.78, 5) is 13.4. The van der Waals surface area contributed by atoms with Gasteiger partial charge in [0.15, 0.2) is 5.15 Å². The summed E-state index contributed by atoms with van der Waals surface area (Å²) in [5, 5.41) is 6.37. The van der Waals surface area contributed by atoms with Crippen LogP contribution in [0.25, 0.3) is 10.4 Å². The fraction of sp³-hybridized carbons (Fsp3) is 0.0667. The number of nitrogens with zero attached hydrogens (tertiary/aromatic N) is 2. The molecular weight excluding hydrogens is 292 g/mol. The molecule has 0 aliphatic heterocycles. The maximum Gasteiger partial charge on any atom is 0.275 e. The molecule has 5 heteroatoms. The van der Waals surface area contributed by atoms with Crippen molar-refractivity contribution >= 4 is 22.9 Å². The molecule has 3 rings (SSSR count). The highest BCUT2D eigenvalue weighted by molar-refractivity contribution is 7.13. The van der Waals surface area contributed by atoms with Gasteiger partial charge >= 0.3 is 0 Å². The van der Waals surface area contributed by atoms with Crippen LogP contribution in [0.4, 0.5) is 0 Å². The Morgan fingerprint density at radius 3 is 2.65 bits per heavy atom. The molecule has 0 radical (unpaired) electrons. The minimum Gasteiger partial charge on any atom is -0.267 e. The molecule has 3 nitrogen and oxygen atoms in total. The van der Waals surface area contributed by atoms with Crippen LogP contribution < -0.4 is 5.56 Å². The standard InChI is InChI=1S/C15H11ClN2OS/c16-14-9-12(13-7-4-8-20-13)15(19)18(17-14)10-11-5-2-1-3-6-11/h1-9H,10H2. The number of benzene rings is 1. The van der Waals surface area contributed by atoms with Gasteiger partial charge in [-0.15, -0.1) is 11.3 Å². The normalized spacial score (nSPS) is 10.7. The van der Waals surface area contributed by atoms with Crippen molar-refractivity contribution in [1.29, 1.82) is 0 Å². The highest BCUT2D eigenvalue weighted by atomic mass is 35.5. The third-order valence-corrected chi connectivity index (χ3v) is 3.99. The van der Waals surface area contributed by atoms with Gasteiger partial charge in [0, 0.05) is 4.88 Å². The number of halogens is 1. The van der Waals surface area contributed by atoms with Crippen LogP contribution in [-0.2, 0) is 6.54 Å². The topological polar surface area (TPSA) is 34.9 Å². The molecule has 0 atom stereocenters. The van der Waals surface area contributed by atoms with Gasteiger partial charge in [-0.3, -0.25) is 4.79 Å². The van der Waals surface area contributed by atoms with Crippen molar-refractivity contribution in [3.05, 3.63) is 75.0 Å². The monoisotopic (exact) mass is 302 g/mol. The zero-order valence-electron chi connectivity index (χ0n) is 10.5. The number of aromatic nitrogens is 2. The first kappa shape index (κ1) is 13.1. The fourth-order valence-electron chi connectivity index (χ4n) is 1.98. The smallest absolute Gasteiger partial charge is 0.267 e. The first-order valence-electron chi connectivity index (χ1n) is 6.09. The van der Waals surface area contributed by atoms with Crippen LogP contribution in [0.3, 0.4) is 0 Å². The predicted molar refractivity (Wildman–Crippen MR) is 82.4 cm³/mol. The summed E-state index contributed by atoms with van der Waals surface area (Å²) in [6, 6.07) is 15.2. The molecule has 2 aromatic heterocycles. The molecule has 0 bridgehead atoms. The zero-order valence-corrected chi connectivity index (χ0v) is 12.1. The second-order valence-electron chi connectivity index (χ2n) is 4.31. The van der Waals surface area contributed by atoms with E-state index < -0.39 is 0 Å². The molecular formula is C15H11ClN2OS. The molecule has 100 valence electrons. The van der Waals surface area contributed by atoms with Gasteiger partial charge < -0.3 is 0 Å². The lowest BCUT2D eigenvalue weighted by Crippen LogP contribution is -2.24. The average Bonchev–Trinajstić information content (AvgIpc) is 2.97. The van der Waals surface area contributed by atoms with E-state index in [4.69, 9.17) is 11.6 Å². The van der Waals surface area contributed by atoms with Gasteiger partial charge in [-0.2, -0.15) is 5.10 Å². The molecule has 2 heterocycles. The van der Waals surface area contributed by atoms with Crippen LogP contribution in [0.5, 0.6) is 0 Å². The Morgan fingerprint density at radius 1 is 1.15 bits per heavy atom. The lowest BCUT2D eigenvalue weighted by molar-refractivity contribution is 0.641. The highest BCUT2D eigenvalue weighted by Gasteiger charge is 2.10. The molecule has 3 aromatic rings. The van der Waals surface area contributed by atoms with Gasteiger partial charge in [0.05, 0.1) is 12.1 Å². The van der Waals surface area contributed by atoms with Crippen LogP contribution in [0.1, 0.15) is 5.56 Å². The summed E-state index contributed by atoms with van der Waals surface area (Å²) in [5.74, 6) is 0. The summed E-state index contributed by atoms with van der Waals surface area (Å²) >= 11 is 7.55. The Bertz CT molecular complexity index is 766. The predicted octanol–water partition coefficient (Wildman–Crippen LogP) is 3.67. The first-order chi connectivity index (χ1) is 9.74. The Labute approximate surface area is 125 Å². The van der Waals surface area contributed by atoms with Crippen LogP contribution in [-0.4, -0.2) is 9.78 Å². The maximum atomic E-state index is 12.5. The third-order valence-electron chi connectivity index (χ3n) is 2.91. The Morgan fingerprint density at radius 2 is 1.95 bits per heavy atom. The van der Waals surface area contributed by atoms with E-state index in [9.17, 15) is 4.79 Å². The van der Waals surface area contributed by atoms with E-state index in [-0.39, 0.29) is 5.56 Å². The van der Waals surface area contributed by atoms with Crippen molar-refractivity contribution in [3.8, 4) is 10.4 Å². The number of rotatable bonds is 3. The zero-order chi connectivity index (χ0) is 13.9. The molecule has 0 amide bonds. The van der Waals surface area contributed by atoms with E-state index in [1.807, 2.05) is 47.8 Å². The van der Waals surface area contributed by atoms with Crippen LogP contribution in [0.2, 0.25) is 5.15 Å². The van der Waals surface area contributed by atoms with E-state index in [0.29, 0.717) is 17.3 Å². The largest absolute Gasteiger partial charge is 0.275 e. The molecule has 0 spiro atoms. The summed E-state index contributed by atoms with van der Waals surface area (Å²) in [6.45, 7) is 0.415. The van der Waals surface area contributed by atoms with Gasteiger partial charge in [0.1, 0.15) is 0 Å². The maximum absolute atomic E-state index is 12.5. The van der Waals surface area contributed by atoms with E-state index >= 15 is 0 Å². The number of hydrogen-bond donors (Lipinski definition) is 0. The lowest BCUT2D eigenvalue weighted by atomic mass is 10.2. The van der Waals surface area contributed by atoms with Crippen LogP contribution >= 0.6 is 22.9 Å². The van der Waals surface area contributed by atoms with Crippen molar-refractivity contribution in [1.82, 2.24) is 9.78 Å². The third kappa shape index (κ3) is 2.66. The summed E-state index contributed by atoms with van der Waals surface area (Å²) < 4.78 is 1.41. The molecule has 1 aromatic carbocycles. The Balaban J connectivity index is 2.06. The molecule has 0 saturated heterocycles.